The van der Waals surface area contributed by atoms with E-state index in [4.69, 9.17) is 0 Å². The number of hydrogen-bond donors (Lipinski definition) is 0. The van der Waals surface area contributed by atoms with E-state index in [9.17, 15) is 0 Å². The van der Waals surface area contributed by atoms with Crippen LogP contribution in [0.2, 0.25) is 0 Å². The Morgan fingerprint density at radius 2 is 1.70 bits per heavy atom. The number of benzene rings is 1. The van der Waals surface area contributed by atoms with Crippen LogP contribution in [0, 0.1) is 20.8 Å². The highest BCUT2D eigenvalue weighted by atomic mass is 15.3. The summed E-state index contributed by atoms with van der Waals surface area (Å²) in [7, 11) is 0. The molecule has 0 bridgehead atoms. The van der Waals surface area contributed by atoms with Crippen molar-refractivity contribution in [3.8, 4) is 11.1 Å². The Morgan fingerprint density at radius 3 is 2.45 bits per heavy atom. The van der Waals surface area contributed by atoms with Crippen LogP contribution in [-0.4, -0.2) is 14.6 Å². The lowest BCUT2D eigenvalue weighted by Gasteiger charge is -2.08. The first-order valence-electron chi connectivity index (χ1n) is 7.05. The molecule has 0 aliphatic rings. The molecule has 2 aromatic heterocycles. The van der Waals surface area contributed by atoms with Gasteiger partial charge in [0.1, 0.15) is 5.82 Å². The quantitative estimate of drug-likeness (QED) is 0.656. The van der Waals surface area contributed by atoms with Crippen molar-refractivity contribution in [2.45, 2.75) is 34.6 Å². The number of rotatable bonds is 1. The summed E-state index contributed by atoms with van der Waals surface area (Å²) in [6, 6.07) is 10.6. The number of nitrogens with zero attached hydrogens (tertiary/aromatic N) is 3. The van der Waals surface area contributed by atoms with Crippen molar-refractivity contribution in [1.29, 1.82) is 0 Å². The van der Waals surface area contributed by atoms with Crippen molar-refractivity contribution in [2.24, 2.45) is 0 Å². The Hall–Kier alpha value is -2.16. The average molecular weight is 267 g/mol. The lowest BCUT2D eigenvalue weighted by atomic mass is 9.99. The lowest BCUT2D eigenvalue weighted by Crippen LogP contribution is -1.91. The normalized spacial score (nSPS) is 10.2. The molecular weight excluding hydrogens is 246 g/mol. The predicted molar refractivity (Wildman–Crippen MR) is 84.0 cm³/mol. The van der Waals surface area contributed by atoms with Gasteiger partial charge >= 0.3 is 0 Å². The van der Waals surface area contributed by atoms with Crippen molar-refractivity contribution in [3.63, 3.8) is 0 Å². The van der Waals surface area contributed by atoms with Crippen LogP contribution >= 0.6 is 0 Å². The summed E-state index contributed by atoms with van der Waals surface area (Å²) < 4.78 is 1.84. The molecule has 3 aromatic rings. The monoisotopic (exact) mass is 267 g/mol. The molecule has 0 saturated heterocycles. The van der Waals surface area contributed by atoms with Crippen molar-refractivity contribution in [1.82, 2.24) is 14.6 Å². The molecule has 0 N–H and O–H groups in total. The molecule has 104 valence electrons. The van der Waals surface area contributed by atoms with Crippen molar-refractivity contribution in [3.05, 3.63) is 53.5 Å². The molecule has 20 heavy (non-hydrogen) atoms. The number of pyridine rings is 1. The van der Waals surface area contributed by atoms with Gasteiger partial charge in [0.25, 0.3) is 0 Å². The third-order valence-electron chi connectivity index (χ3n) is 3.15. The van der Waals surface area contributed by atoms with E-state index in [1.165, 1.54) is 16.7 Å². The fourth-order valence-electron chi connectivity index (χ4n) is 2.25. The van der Waals surface area contributed by atoms with Crippen LogP contribution in [0.25, 0.3) is 16.8 Å². The Morgan fingerprint density at radius 1 is 0.950 bits per heavy atom. The van der Waals surface area contributed by atoms with E-state index in [2.05, 4.69) is 48.2 Å². The molecule has 0 spiro atoms. The molecule has 0 amide bonds. The molecule has 0 unspecified atom stereocenters. The fraction of sp³-hybridized carbons (Fsp3) is 0.294. The third-order valence-corrected chi connectivity index (χ3v) is 3.15. The van der Waals surface area contributed by atoms with E-state index < -0.39 is 0 Å². The van der Waals surface area contributed by atoms with Crippen LogP contribution in [-0.2, 0) is 0 Å². The zero-order valence-electron chi connectivity index (χ0n) is 12.8. The molecule has 0 aliphatic carbocycles. The minimum Gasteiger partial charge on any atom is -0.220 e. The van der Waals surface area contributed by atoms with Gasteiger partial charge in [-0.25, -0.2) is 9.50 Å². The average Bonchev–Trinajstić information content (AvgIpc) is 2.84. The molecule has 1 aromatic carbocycles. The molecule has 3 rings (SSSR count). The summed E-state index contributed by atoms with van der Waals surface area (Å²) in [5.41, 5.74) is 5.80. The van der Waals surface area contributed by atoms with Gasteiger partial charge < -0.3 is 0 Å². The molecule has 0 aliphatic heterocycles. The van der Waals surface area contributed by atoms with Crippen LogP contribution in [0.5, 0.6) is 0 Å². The summed E-state index contributed by atoms with van der Waals surface area (Å²) in [5.74, 6) is 0.799. The zero-order valence-corrected chi connectivity index (χ0v) is 12.8. The molecule has 0 fully saturated rings. The predicted octanol–water partition coefficient (Wildman–Crippen LogP) is 4.35. The maximum Gasteiger partial charge on any atom is 0.163 e. The van der Waals surface area contributed by atoms with Crippen LogP contribution < -0.4 is 0 Å². The fourth-order valence-corrected chi connectivity index (χ4v) is 2.25. The van der Waals surface area contributed by atoms with E-state index in [1.54, 1.807) is 0 Å². The first-order valence-corrected chi connectivity index (χ1v) is 7.05. The molecule has 2 heterocycles. The van der Waals surface area contributed by atoms with E-state index in [0.717, 1.165) is 17.0 Å². The van der Waals surface area contributed by atoms with Crippen LogP contribution in [0.4, 0.5) is 0 Å². The van der Waals surface area contributed by atoms with Gasteiger partial charge in [-0.05, 0) is 44.0 Å². The van der Waals surface area contributed by atoms with Gasteiger partial charge in [0.15, 0.2) is 5.65 Å². The molecule has 0 saturated carbocycles. The smallest absolute Gasteiger partial charge is 0.163 e. The van der Waals surface area contributed by atoms with Gasteiger partial charge in [0, 0.05) is 11.8 Å². The van der Waals surface area contributed by atoms with E-state index >= 15 is 0 Å². The first kappa shape index (κ1) is 14.3. The van der Waals surface area contributed by atoms with Crippen LogP contribution in [0.3, 0.4) is 0 Å². The molecule has 3 nitrogen and oxygen atoms in total. The maximum absolute atomic E-state index is 4.51. The highest BCUT2D eigenvalue weighted by Crippen LogP contribution is 2.27. The standard InChI is InChI=1S/C15H15N3.C2H6/c1-10-6-7-11(2)14(9-10)13-5-4-8-18-15(13)16-12(3)17-18;1-2/h4-9H,1-3H3;1-2H3. The number of hydrogen-bond acceptors (Lipinski definition) is 2. The van der Waals surface area contributed by atoms with Crippen molar-refractivity contribution in [2.75, 3.05) is 0 Å². The van der Waals surface area contributed by atoms with Gasteiger partial charge in [0.05, 0.1) is 0 Å². The second kappa shape index (κ2) is 5.87. The first-order chi connectivity index (χ1) is 9.65. The highest BCUT2D eigenvalue weighted by Gasteiger charge is 2.09. The molecule has 3 heteroatoms. The Bertz CT molecular complexity index is 726. The maximum atomic E-state index is 4.51. The van der Waals surface area contributed by atoms with Gasteiger partial charge in [-0.2, -0.15) is 5.10 Å². The largest absolute Gasteiger partial charge is 0.220 e. The topological polar surface area (TPSA) is 30.2 Å². The van der Waals surface area contributed by atoms with Crippen molar-refractivity contribution < 1.29 is 0 Å². The Kier molecular flexibility index (Phi) is 4.18. The summed E-state index contributed by atoms with van der Waals surface area (Å²) in [4.78, 5) is 4.51. The van der Waals surface area contributed by atoms with Gasteiger partial charge in [-0.3, -0.25) is 0 Å². The van der Waals surface area contributed by atoms with Crippen LogP contribution in [0.15, 0.2) is 36.5 Å². The lowest BCUT2D eigenvalue weighted by molar-refractivity contribution is 0.931. The van der Waals surface area contributed by atoms with E-state index in [1.807, 2.05) is 37.5 Å². The summed E-state index contributed by atoms with van der Waals surface area (Å²) in [5, 5.41) is 4.36. The van der Waals surface area contributed by atoms with Crippen molar-refractivity contribution >= 4 is 5.65 Å². The number of fused-ring (bicyclic) bond motifs is 1. The van der Waals surface area contributed by atoms with Gasteiger partial charge in [-0.15, -0.1) is 0 Å². The van der Waals surface area contributed by atoms with Gasteiger partial charge in [-0.1, -0.05) is 37.6 Å². The highest BCUT2D eigenvalue weighted by molar-refractivity contribution is 5.79. The Labute approximate surface area is 120 Å². The third kappa shape index (κ3) is 2.57. The summed E-state index contributed by atoms with van der Waals surface area (Å²) in [6.45, 7) is 10.2. The second-order valence-corrected chi connectivity index (χ2v) is 4.67. The zero-order chi connectivity index (χ0) is 14.7. The van der Waals surface area contributed by atoms with Gasteiger partial charge in [0.2, 0.25) is 0 Å². The summed E-state index contributed by atoms with van der Waals surface area (Å²) in [6.07, 6.45) is 1.93. The minimum atomic E-state index is 0.799. The summed E-state index contributed by atoms with van der Waals surface area (Å²) >= 11 is 0. The van der Waals surface area contributed by atoms with Crippen LogP contribution in [0.1, 0.15) is 30.8 Å². The molecular formula is C17H21N3. The Balaban J connectivity index is 0.000000704. The van der Waals surface area contributed by atoms with E-state index in [0.29, 0.717) is 0 Å². The molecule has 0 atom stereocenters. The molecule has 0 radical (unpaired) electrons. The minimum absolute atomic E-state index is 0.799. The number of aryl methyl sites for hydroxylation is 3. The second-order valence-electron chi connectivity index (χ2n) is 4.67. The SMILES string of the molecule is CC.Cc1ccc(C)c(-c2cccn3nc(C)nc23)c1. The number of aromatic nitrogens is 3. The van der Waals surface area contributed by atoms with E-state index in [-0.39, 0.29) is 0 Å².